The molecule has 0 saturated heterocycles. The van der Waals surface area contributed by atoms with Crippen LogP contribution in [0.2, 0.25) is 0 Å². The standard InChI is InChI=1S/C13H17NO/c1-15-12-7-3-6-10-11(12)8-14-13(10)9-4-2-5-9/h3,6-7,9,13-14H,2,4-5,8H2,1H3. The highest BCUT2D eigenvalue weighted by molar-refractivity contribution is 5.45. The molecule has 1 aliphatic heterocycles. The third kappa shape index (κ3) is 1.36. The van der Waals surface area contributed by atoms with Crippen LogP contribution in [0.25, 0.3) is 0 Å². The third-order valence-electron chi connectivity index (χ3n) is 3.84. The van der Waals surface area contributed by atoms with Gasteiger partial charge in [0.25, 0.3) is 0 Å². The minimum absolute atomic E-state index is 0.587. The Morgan fingerprint density at radius 1 is 1.33 bits per heavy atom. The molecule has 1 atom stereocenters. The number of rotatable bonds is 2. The van der Waals surface area contributed by atoms with Crippen LogP contribution in [-0.2, 0) is 6.54 Å². The lowest BCUT2D eigenvalue weighted by Gasteiger charge is -2.32. The maximum atomic E-state index is 5.40. The molecule has 1 saturated carbocycles. The number of fused-ring (bicyclic) bond motifs is 1. The van der Waals surface area contributed by atoms with Gasteiger partial charge in [-0.3, -0.25) is 0 Å². The second kappa shape index (κ2) is 3.53. The SMILES string of the molecule is COc1cccc2c1CNC2C1CCC1. The van der Waals surface area contributed by atoms with Crippen molar-refractivity contribution in [3.8, 4) is 5.75 Å². The van der Waals surface area contributed by atoms with Crippen LogP contribution in [-0.4, -0.2) is 7.11 Å². The second-order valence-electron chi connectivity index (χ2n) is 4.58. The van der Waals surface area contributed by atoms with Gasteiger partial charge in [0.1, 0.15) is 5.75 Å². The predicted octanol–water partition coefficient (Wildman–Crippen LogP) is 2.64. The number of ether oxygens (including phenoxy) is 1. The molecule has 2 aliphatic rings. The average Bonchev–Trinajstić information content (AvgIpc) is 2.59. The molecule has 1 N–H and O–H groups in total. The number of methoxy groups -OCH3 is 1. The van der Waals surface area contributed by atoms with Gasteiger partial charge in [-0.1, -0.05) is 18.6 Å². The number of benzene rings is 1. The van der Waals surface area contributed by atoms with Gasteiger partial charge < -0.3 is 10.1 Å². The molecule has 0 spiro atoms. The molecule has 15 heavy (non-hydrogen) atoms. The summed E-state index contributed by atoms with van der Waals surface area (Å²) < 4.78 is 5.40. The Kier molecular flexibility index (Phi) is 2.17. The second-order valence-corrected chi connectivity index (χ2v) is 4.58. The highest BCUT2D eigenvalue weighted by Gasteiger charge is 2.33. The van der Waals surface area contributed by atoms with Gasteiger partial charge in [-0.25, -0.2) is 0 Å². The lowest BCUT2D eigenvalue weighted by molar-refractivity contribution is 0.240. The first kappa shape index (κ1) is 9.22. The minimum Gasteiger partial charge on any atom is -0.496 e. The van der Waals surface area contributed by atoms with Gasteiger partial charge in [-0.05, 0) is 30.4 Å². The first-order valence-electron chi connectivity index (χ1n) is 5.79. The first-order valence-corrected chi connectivity index (χ1v) is 5.79. The molecule has 1 fully saturated rings. The minimum atomic E-state index is 0.587. The van der Waals surface area contributed by atoms with Gasteiger partial charge >= 0.3 is 0 Å². The summed E-state index contributed by atoms with van der Waals surface area (Å²) in [5.41, 5.74) is 2.84. The zero-order chi connectivity index (χ0) is 10.3. The van der Waals surface area contributed by atoms with Crippen molar-refractivity contribution < 1.29 is 4.74 Å². The molecule has 1 aromatic carbocycles. The quantitative estimate of drug-likeness (QED) is 0.797. The molecule has 0 amide bonds. The van der Waals surface area contributed by atoms with Gasteiger partial charge in [0, 0.05) is 18.2 Å². The molecule has 0 radical (unpaired) electrons. The van der Waals surface area contributed by atoms with Gasteiger partial charge in [-0.2, -0.15) is 0 Å². The van der Waals surface area contributed by atoms with E-state index in [9.17, 15) is 0 Å². The van der Waals surface area contributed by atoms with E-state index in [2.05, 4.69) is 23.5 Å². The Labute approximate surface area is 90.6 Å². The zero-order valence-corrected chi connectivity index (χ0v) is 9.12. The van der Waals surface area contributed by atoms with Crippen molar-refractivity contribution in [2.75, 3.05) is 7.11 Å². The van der Waals surface area contributed by atoms with Crippen LogP contribution >= 0.6 is 0 Å². The monoisotopic (exact) mass is 203 g/mol. The molecular weight excluding hydrogens is 186 g/mol. The van der Waals surface area contributed by atoms with Gasteiger partial charge in [0.05, 0.1) is 7.11 Å². The predicted molar refractivity (Wildman–Crippen MR) is 59.9 cm³/mol. The summed E-state index contributed by atoms with van der Waals surface area (Å²) in [6, 6.07) is 7.00. The van der Waals surface area contributed by atoms with Gasteiger partial charge in [0.2, 0.25) is 0 Å². The van der Waals surface area contributed by atoms with Crippen molar-refractivity contribution in [3.63, 3.8) is 0 Å². The van der Waals surface area contributed by atoms with Crippen LogP contribution in [0.15, 0.2) is 18.2 Å². The Morgan fingerprint density at radius 3 is 2.87 bits per heavy atom. The van der Waals surface area contributed by atoms with Crippen molar-refractivity contribution in [2.45, 2.75) is 31.8 Å². The fourth-order valence-electron chi connectivity index (χ4n) is 2.77. The van der Waals surface area contributed by atoms with Gasteiger partial charge in [-0.15, -0.1) is 0 Å². The van der Waals surface area contributed by atoms with Crippen molar-refractivity contribution in [3.05, 3.63) is 29.3 Å². The van der Waals surface area contributed by atoms with Crippen molar-refractivity contribution in [1.82, 2.24) is 5.32 Å². The summed E-state index contributed by atoms with van der Waals surface area (Å²) in [6.07, 6.45) is 4.17. The zero-order valence-electron chi connectivity index (χ0n) is 9.12. The van der Waals surface area contributed by atoms with E-state index >= 15 is 0 Å². The van der Waals surface area contributed by atoms with Crippen LogP contribution in [0.5, 0.6) is 5.75 Å². The summed E-state index contributed by atoms with van der Waals surface area (Å²) in [5, 5.41) is 3.62. The first-order chi connectivity index (χ1) is 7.40. The molecule has 80 valence electrons. The fourth-order valence-corrected chi connectivity index (χ4v) is 2.77. The normalized spacial score (nSPS) is 24.7. The van der Waals surface area contributed by atoms with E-state index in [1.54, 1.807) is 7.11 Å². The number of nitrogens with one attached hydrogen (secondary N) is 1. The van der Waals surface area contributed by atoms with E-state index in [1.807, 2.05) is 0 Å². The molecule has 1 aliphatic carbocycles. The molecule has 1 unspecified atom stereocenters. The number of hydrogen-bond acceptors (Lipinski definition) is 2. The topological polar surface area (TPSA) is 21.3 Å². The maximum Gasteiger partial charge on any atom is 0.123 e. The summed E-state index contributed by atoms with van der Waals surface area (Å²) >= 11 is 0. The van der Waals surface area contributed by atoms with Crippen LogP contribution in [0.1, 0.15) is 36.4 Å². The summed E-state index contributed by atoms with van der Waals surface area (Å²) in [7, 11) is 1.76. The van der Waals surface area contributed by atoms with E-state index in [0.717, 1.165) is 18.2 Å². The van der Waals surface area contributed by atoms with E-state index in [-0.39, 0.29) is 0 Å². The lowest BCUT2D eigenvalue weighted by atomic mass is 9.77. The molecular formula is C13H17NO. The van der Waals surface area contributed by atoms with Crippen LogP contribution < -0.4 is 10.1 Å². The highest BCUT2D eigenvalue weighted by atomic mass is 16.5. The summed E-state index contributed by atoms with van der Waals surface area (Å²) in [5.74, 6) is 1.90. The number of hydrogen-bond donors (Lipinski definition) is 1. The summed E-state index contributed by atoms with van der Waals surface area (Å²) in [4.78, 5) is 0. The van der Waals surface area contributed by atoms with E-state index in [4.69, 9.17) is 4.74 Å². The van der Waals surface area contributed by atoms with Crippen molar-refractivity contribution in [1.29, 1.82) is 0 Å². The van der Waals surface area contributed by atoms with Gasteiger partial charge in [0.15, 0.2) is 0 Å². The molecule has 2 heteroatoms. The molecule has 0 aromatic heterocycles. The molecule has 1 heterocycles. The average molecular weight is 203 g/mol. The van der Waals surface area contributed by atoms with Crippen molar-refractivity contribution >= 4 is 0 Å². The highest BCUT2D eigenvalue weighted by Crippen LogP contribution is 2.43. The smallest absolute Gasteiger partial charge is 0.123 e. The Morgan fingerprint density at radius 2 is 2.20 bits per heavy atom. The largest absolute Gasteiger partial charge is 0.496 e. The van der Waals surface area contributed by atoms with Crippen molar-refractivity contribution in [2.24, 2.45) is 5.92 Å². The van der Waals surface area contributed by atoms with E-state index in [1.165, 1.54) is 30.4 Å². The summed E-state index contributed by atoms with van der Waals surface area (Å²) in [6.45, 7) is 0.973. The molecule has 3 rings (SSSR count). The van der Waals surface area contributed by atoms with Crippen LogP contribution in [0, 0.1) is 5.92 Å². The van der Waals surface area contributed by atoms with E-state index < -0.39 is 0 Å². The van der Waals surface area contributed by atoms with Crippen LogP contribution in [0.4, 0.5) is 0 Å². The Bertz CT molecular complexity index is 371. The molecule has 0 bridgehead atoms. The molecule has 1 aromatic rings. The maximum absolute atomic E-state index is 5.40. The third-order valence-corrected chi connectivity index (χ3v) is 3.84. The Hall–Kier alpha value is -1.02. The Balaban J connectivity index is 1.95. The fraction of sp³-hybridized carbons (Fsp3) is 0.538. The van der Waals surface area contributed by atoms with Crippen LogP contribution in [0.3, 0.4) is 0 Å². The van der Waals surface area contributed by atoms with E-state index in [0.29, 0.717) is 6.04 Å². The molecule has 2 nitrogen and oxygen atoms in total. The lowest BCUT2D eigenvalue weighted by Crippen LogP contribution is -2.26.